The highest BCUT2D eigenvalue weighted by molar-refractivity contribution is 5.73. The predicted octanol–water partition coefficient (Wildman–Crippen LogP) is 1.67. The third kappa shape index (κ3) is 2.05. The number of rotatable bonds is 5. The molecular formula is C12H15N3O. The van der Waals surface area contributed by atoms with Crippen molar-refractivity contribution in [2.75, 3.05) is 11.4 Å². The third-order valence-electron chi connectivity index (χ3n) is 3.19. The van der Waals surface area contributed by atoms with Crippen LogP contribution in [0.1, 0.15) is 36.0 Å². The lowest BCUT2D eigenvalue weighted by atomic mass is 10.3. The zero-order chi connectivity index (χ0) is 11.0. The van der Waals surface area contributed by atoms with Gasteiger partial charge in [0.15, 0.2) is 6.29 Å². The van der Waals surface area contributed by atoms with Crippen molar-refractivity contribution in [3.63, 3.8) is 0 Å². The fourth-order valence-electron chi connectivity index (χ4n) is 1.90. The molecule has 4 heteroatoms. The summed E-state index contributed by atoms with van der Waals surface area (Å²) >= 11 is 0. The molecule has 2 aliphatic rings. The van der Waals surface area contributed by atoms with Gasteiger partial charge in [-0.25, -0.2) is 9.97 Å². The van der Waals surface area contributed by atoms with Gasteiger partial charge in [0.1, 0.15) is 0 Å². The highest BCUT2D eigenvalue weighted by Crippen LogP contribution is 2.36. The Bertz CT molecular complexity index is 382. The molecule has 2 aliphatic carbocycles. The van der Waals surface area contributed by atoms with Crippen LogP contribution in [0.4, 0.5) is 5.95 Å². The minimum atomic E-state index is 0.547. The van der Waals surface area contributed by atoms with E-state index in [0.717, 1.165) is 24.7 Å². The van der Waals surface area contributed by atoms with Crippen LogP contribution in [-0.4, -0.2) is 28.8 Å². The van der Waals surface area contributed by atoms with Gasteiger partial charge in [0.25, 0.3) is 0 Å². The van der Waals surface area contributed by atoms with E-state index in [1.54, 1.807) is 12.4 Å². The topological polar surface area (TPSA) is 46.1 Å². The molecule has 0 radical (unpaired) electrons. The summed E-state index contributed by atoms with van der Waals surface area (Å²) in [7, 11) is 0. The zero-order valence-electron chi connectivity index (χ0n) is 9.17. The van der Waals surface area contributed by atoms with E-state index in [1.165, 1.54) is 25.7 Å². The zero-order valence-corrected chi connectivity index (χ0v) is 9.17. The van der Waals surface area contributed by atoms with Gasteiger partial charge in [-0.15, -0.1) is 0 Å². The molecule has 0 aromatic carbocycles. The molecule has 1 aromatic rings. The summed E-state index contributed by atoms with van der Waals surface area (Å²) in [5.41, 5.74) is 0.547. The first-order chi connectivity index (χ1) is 7.86. The van der Waals surface area contributed by atoms with Crippen LogP contribution >= 0.6 is 0 Å². The Morgan fingerprint density at radius 2 is 1.94 bits per heavy atom. The smallest absolute Gasteiger partial charge is 0.225 e. The Balaban J connectivity index is 1.77. The van der Waals surface area contributed by atoms with Crippen LogP contribution in [-0.2, 0) is 0 Å². The molecular weight excluding hydrogens is 202 g/mol. The summed E-state index contributed by atoms with van der Waals surface area (Å²) in [6.07, 6.45) is 9.20. The summed E-state index contributed by atoms with van der Waals surface area (Å²) in [6, 6.07) is 0.641. The molecule has 0 N–H and O–H groups in total. The highest BCUT2D eigenvalue weighted by atomic mass is 16.1. The van der Waals surface area contributed by atoms with Crippen LogP contribution in [0.25, 0.3) is 0 Å². The van der Waals surface area contributed by atoms with Crippen molar-refractivity contribution in [2.24, 2.45) is 5.92 Å². The Kier molecular flexibility index (Phi) is 2.35. The number of anilines is 1. The molecule has 4 nitrogen and oxygen atoms in total. The normalized spacial score (nSPS) is 19.5. The van der Waals surface area contributed by atoms with Gasteiger partial charge in [-0.3, -0.25) is 4.79 Å². The predicted molar refractivity (Wildman–Crippen MR) is 60.5 cm³/mol. The van der Waals surface area contributed by atoms with Crippen molar-refractivity contribution in [1.82, 2.24) is 9.97 Å². The third-order valence-corrected chi connectivity index (χ3v) is 3.19. The summed E-state index contributed by atoms with van der Waals surface area (Å²) in [4.78, 5) is 21.4. The second-order valence-corrected chi connectivity index (χ2v) is 4.76. The van der Waals surface area contributed by atoms with E-state index in [9.17, 15) is 4.79 Å². The van der Waals surface area contributed by atoms with E-state index < -0.39 is 0 Å². The van der Waals surface area contributed by atoms with Gasteiger partial charge >= 0.3 is 0 Å². The van der Waals surface area contributed by atoms with Gasteiger partial charge in [0, 0.05) is 25.0 Å². The molecule has 2 fully saturated rings. The van der Waals surface area contributed by atoms with Crippen molar-refractivity contribution in [1.29, 1.82) is 0 Å². The van der Waals surface area contributed by atoms with Crippen molar-refractivity contribution >= 4 is 12.2 Å². The number of nitrogens with zero attached hydrogens (tertiary/aromatic N) is 3. The quantitative estimate of drug-likeness (QED) is 0.704. The Labute approximate surface area is 94.7 Å². The van der Waals surface area contributed by atoms with Crippen molar-refractivity contribution < 1.29 is 4.79 Å². The Hall–Kier alpha value is -1.45. The fourth-order valence-corrected chi connectivity index (χ4v) is 1.90. The number of aromatic nitrogens is 2. The average molecular weight is 217 g/mol. The fraction of sp³-hybridized carbons (Fsp3) is 0.583. The molecule has 1 aromatic heterocycles. The summed E-state index contributed by atoms with van der Waals surface area (Å²) in [5, 5.41) is 0. The summed E-state index contributed by atoms with van der Waals surface area (Å²) in [6.45, 7) is 1.09. The van der Waals surface area contributed by atoms with Gasteiger partial charge in [-0.2, -0.15) is 0 Å². The molecule has 0 amide bonds. The molecule has 0 bridgehead atoms. The molecule has 3 rings (SSSR count). The molecule has 0 saturated heterocycles. The van der Waals surface area contributed by atoms with Crippen LogP contribution in [0.5, 0.6) is 0 Å². The molecule has 0 aliphatic heterocycles. The summed E-state index contributed by atoms with van der Waals surface area (Å²) < 4.78 is 0. The van der Waals surface area contributed by atoms with Gasteiger partial charge in [-0.05, 0) is 31.6 Å². The van der Waals surface area contributed by atoms with Crippen LogP contribution in [0.15, 0.2) is 12.4 Å². The Morgan fingerprint density at radius 3 is 2.44 bits per heavy atom. The maximum absolute atomic E-state index is 10.5. The maximum Gasteiger partial charge on any atom is 0.225 e. The van der Waals surface area contributed by atoms with Gasteiger partial charge in [-0.1, -0.05) is 0 Å². The first kappa shape index (κ1) is 9.75. The van der Waals surface area contributed by atoms with Crippen molar-refractivity contribution in [3.8, 4) is 0 Å². The highest BCUT2D eigenvalue weighted by Gasteiger charge is 2.34. The molecule has 16 heavy (non-hydrogen) atoms. The number of aldehydes is 1. The van der Waals surface area contributed by atoms with Gasteiger partial charge in [0.05, 0.1) is 5.56 Å². The lowest BCUT2D eigenvalue weighted by Gasteiger charge is -2.21. The largest absolute Gasteiger partial charge is 0.338 e. The van der Waals surface area contributed by atoms with E-state index in [2.05, 4.69) is 14.9 Å². The van der Waals surface area contributed by atoms with E-state index in [-0.39, 0.29) is 0 Å². The monoisotopic (exact) mass is 217 g/mol. The molecule has 0 spiro atoms. The SMILES string of the molecule is O=Cc1cnc(N(CC2CC2)C2CC2)nc1. The number of carbonyl (C=O) groups is 1. The van der Waals surface area contributed by atoms with Crippen molar-refractivity contribution in [3.05, 3.63) is 18.0 Å². The standard InChI is InChI=1S/C12H15N3O/c16-8-10-5-13-12(14-6-10)15(11-3-4-11)7-9-1-2-9/h5-6,8-9,11H,1-4,7H2. The van der Waals surface area contributed by atoms with Crippen LogP contribution in [0.2, 0.25) is 0 Å². The van der Waals surface area contributed by atoms with E-state index >= 15 is 0 Å². The number of carbonyl (C=O) groups excluding carboxylic acids is 1. The van der Waals surface area contributed by atoms with E-state index in [1.807, 2.05) is 0 Å². The number of hydrogen-bond donors (Lipinski definition) is 0. The summed E-state index contributed by atoms with van der Waals surface area (Å²) in [5.74, 6) is 1.63. The molecule has 84 valence electrons. The van der Waals surface area contributed by atoms with Crippen LogP contribution in [0, 0.1) is 5.92 Å². The minimum absolute atomic E-state index is 0.547. The molecule has 0 unspecified atom stereocenters. The minimum Gasteiger partial charge on any atom is -0.338 e. The average Bonchev–Trinajstić information content (AvgIpc) is 3.16. The first-order valence-electron chi connectivity index (χ1n) is 5.90. The lowest BCUT2D eigenvalue weighted by molar-refractivity contribution is 0.112. The van der Waals surface area contributed by atoms with Crippen molar-refractivity contribution in [2.45, 2.75) is 31.7 Å². The van der Waals surface area contributed by atoms with Crippen LogP contribution < -0.4 is 4.90 Å². The second-order valence-electron chi connectivity index (χ2n) is 4.76. The lowest BCUT2D eigenvalue weighted by Crippen LogP contribution is -2.29. The maximum atomic E-state index is 10.5. The van der Waals surface area contributed by atoms with E-state index in [0.29, 0.717) is 11.6 Å². The second kappa shape index (κ2) is 3.85. The molecule has 1 heterocycles. The molecule has 0 atom stereocenters. The number of hydrogen-bond acceptors (Lipinski definition) is 4. The Morgan fingerprint density at radius 1 is 1.25 bits per heavy atom. The van der Waals surface area contributed by atoms with Gasteiger partial charge < -0.3 is 4.90 Å². The van der Waals surface area contributed by atoms with Crippen LogP contribution in [0.3, 0.4) is 0 Å². The molecule has 2 saturated carbocycles. The van der Waals surface area contributed by atoms with E-state index in [4.69, 9.17) is 0 Å². The first-order valence-corrected chi connectivity index (χ1v) is 5.90. The van der Waals surface area contributed by atoms with Gasteiger partial charge in [0.2, 0.25) is 5.95 Å².